The summed E-state index contributed by atoms with van der Waals surface area (Å²) in [5.74, 6) is -0.939. The van der Waals surface area contributed by atoms with Crippen molar-refractivity contribution in [2.45, 2.75) is 38.3 Å². The maximum atomic E-state index is 12.5. The monoisotopic (exact) mass is 301 g/mol. The molecular weight excluding hydrogens is 282 g/mol. The van der Waals surface area contributed by atoms with E-state index < -0.39 is 21.9 Å². The highest BCUT2D eigenvalue weighted by atomic mass is 32.2. The first-order chi connectivity index (χ1) is 9.36. The fourth-order valence-corrected chi connectivity index (χ4v) is 3.94. The van der Waals surface area contributed by atoms with Crippen LogP contribution in [0.5, 0.6) is 0 Å². The molecule has 2 heterocycles. The van der Waals surface area contributed by atoms with E-state index in [2.05, 4.69) is 4.98 Å². The number of carboxylic acid groups (broad SMARTS) is 1. The number of sulfonamides is 1. The molecule has 7 nitrogen and oxygen atoms in total. The number of piperidine rings is 1. The molecule has 0 bridgehead atoms. The van der Waals surface area contributed by atoms with Crippen molar-refractivity contribution in [2.75, 3.05) is 13.1 Å². The lowest BCUT2D eigenvalue weighted by Gasteiger charge is -2.29. The molecule has 0 aliphatic carbocycles. The highest BCUT2D eigenvalue weighted by Crippen LogP contribution is 2.23. The van der Waals surface area contributed by atoms with Crippen molar-refractivity contribution in [3.63, 3.8) is 0 Å². The van der Waals surface area contributed by atoms with Crippen LogP contribution < -0.4 is 0 Å². The van der Waals surface area contributed by atoms with Gasteiger partial charge in [0.25, 0.3) is 10.0 Å². The number of aryl methyl sites for hydroxylation is 2. The Morgan fingerprint density at radius 1 is 1.55 bits per heavy atom. The lowest BCUT2D eigenvalue weighted by Crippen LogP contribution is -2.42. The predicted molar refractivity (Wildman–Crippen MR) is 71.8 cm³/mol. The third-order valence-electron chi connectivity index (χ3n) is 3.63. The number of nitrogens with zero attached hydrogens (tertiary/aromatic N) is 3. The van der Waals surface area contributed by atoms with E-state index >= 15 is 0 Å². The van der Waals surface area contributed by atoms with Crippen LogP contribution in [0.4, 0.5) is 0 Å². The van der Waals surface area contributed by atoms with E-state index in [1.165, 1.54) is 10.5 Å². The van der Waals surface area contributed by atoms with Crippen molar-refractivity contribution in [1.29, 1.82) is 0 Å². The van der Waals surface area contributed by atoms with E-state index in [4.69, 9.17) is 5.11 Å². The molecule has 0 aromatic carbocycles. The molecule has 1 atom stereocenters. The molecule has 0 radical (unpaired) electrons. The molecule has 1 aromatic heterocycles. The molecule has 8 heteroatoms. The van der Waals surface area contributed by atoms with Crippen LogP contribution in [0, 0.1) is 12.8 Å². The number of imidazole rings is 1. The van der Waals surface area contributed by atoms with E-state index in [1.54, 1.807) is 11.5 Å². The molecule has 20 heavy (non-hydrogen) atoms. The Balaban J connectivity index is 2.27. The van der Waals surface area contributed by atoms with Gasteiger partial charge in [0, 0.05) is 25.8 Å². The van der Waals surface area contributed by atoms with Gasteiger partial charge in [-0.15, -0.1) is 0 Å². The first-order valence-electron chi connectivity index (χ1n) is 6.63. The van der Waals surface area contributed by atoms with Crippen molar-refractivity contribution in [3.05, 3.63) is 12.0 Å². The Labute approximate surface area is 118 Å². The fourth-order valence-electron chi connectivity index (χ4n) is 2.42. The van der Waals surface area contributed by atoms with Crippen molar-refractivity contribution in [1.82, 2.24) is 13.9 Å². The lowest BCUT2D eigenvalue weighted by atomic mass is 10.0. The average Bonchev–Trinajstić information content (AvgIpc) is 2.81. The lowest BCUT2D eigenvalue weighted by molar-refractivity contribution is -0.142. The van der Waals surface area contributed by atoms with Gasteiger partial charge >= 0.3 is 5.97 Å². The Morgan fingerprint density at radius 3 is 2.80 bits per heavy atom. The number of rotatable bonds is 4. The number of hydrogen-bond acceptors (Lipinski definition) is 4. The SMILES string of the molecule is CCn1cc(S(=O)(=O)N2CCCC(C(=O)O)C2)nc1C. The van der Waals surface area contributed by atoms with Crippen LogP contribution in [0.15, 0.2) is 11.2 Å². The van der Waals surface area contributed by atoms with E-state index in [1.807, 2.05) is 6.92 Å². The second kappa shape index (κ2) is 5.53. The third kappa shape index (κ3) is 2.71. The van der Waals surface area contributed by atoms with Crippen LogP contribution >= 0.6 is 0 Å². The molecule has 1 aliphatic rings. The van der Waals surface area contributed by atoms with Crippen LogP contribution in [-0.4, -0.2) is 46.4 Å². The van der Waals surface area contributed by atoms with Crippen molar-refractivity contribution >= 4 is 16.0 Å². The van der Waals surface area contributed by atoms with Gasteiger partial charge in [0.1, 0.15) is 5.82 Å². The maximum absolute atomic E-state index is 12.5. The minimum absolute atomic E-state index is 0.00267. The smallest absolute Gasteiger partial charge is 0.307 e. The molecule has 1 saturated heterocycles. The van der Waals surface area contributed by atoms with Crippen LogP contribution in [-0.2, 0) is 21.4 Å². The number of aromatic nitrogens is 2. The largest absolute Gasteiger partial charge is 0.481 e. The van der Waals surface area contributed by atoms with Crippen molar-refractivity contribution < 1.29 is 18.3 Å². The summed E-state index contributed by atoms with van der Waals surface area (Å²) in [6.45, 7) is 4.68. The highest BCUT2D eigenvalue weighted by Gasteiger charge is 2.34. The molecular formula is C12H19N3O4S. The minimum atomic E-state index is -3.70. The van der Waals surface area contributed by atoms with Gasteiger partial charge in [0.2, 0.25) is 0 Å². The van der Waals surface area contributed by atoms with E-state index in [-0.39, 0.29) is 11.6 Å². The van der Waals surface area contributed by atoms with Crippen LogP contribution in [0.2, 0.25) is 0 Å². The first kappa shape index (κ1) is 15.0. The standard InChI is InChI=1S/C12H19N3O4S/c1-3-14-8-11(13-9(14)2)20(18,19)15-6-4-5-10(7-15)12(16)17/h8,10H,3-7H2,1-2H3,(H,16,17). The summed E-state index contributed by atoms with van der Waals surface area (Å²) in [4.78, 5) is 15.1. The topological polar surface area (TPSA) is 92.5 Å². The molecule has 0 spiro atoms. The summed E-state index contributed by atoms with van der Waals surface area (Å²) < 4.78 is 28.0. The number of aliphatic carboxylic acids is 1. The van der Waals surface area contributed by atoms with Crippen LogP contribution in [0.3, 0.4) is 0 Å². The summed E-state index contributed by atoms with van der Waals surface area (Å²) >= 11 is 0. The molecule has 2 rings (SSSR count). The van der Waals surface area contributed by atoms with Gasteiger partial charge in [-0.05, 0) is 26.7 Å². The minimum Gasteiger partial charge on any atom is -0.481 e. The molecule has 0 amide bonds. The quantitative estimate of drug-likeness (QED) is 0.883. The summed E-state index contributed by atoms with van der Waals surface area (Å²) in [6, 6.07) is 0. The van der Waals surface area contributed by atoms with Gasteiger partial charge in [0.15, 0.2) is 5.03 Å². The number of carbonyl (C=O) groups is 1. The van der Waals surface area contributed by atoms with Crippen molar-refractivity contribution in [3.8, 4) is 0 Å². The Kier molecular flexibility index (Phi) is 4.14. The summed E-state index contributed by atoms with van der Waals surface area (Å²) in [7, 11) is -3.70. The zero-order chi connectivity index (χ0) is 14.9. The number of carboxylic acids is 1. The summed E-state index contributed by atoms with van der Waals surface area (Å²) in [5, 5.41) is 9.04. The van der Waals surface area contributed by atoms with Gasteiger partial charge in [-0.3, -0.25) is 4.79 Å². The average molecular weight is 301 g/mol. The molecule has 112 valence electrons. The Bertz CT molecular complexity index is 608. The molecule has 1 aliphatic heterocycles. The van der Waals surface area contributed by atoms with Crippen LogP contribution in [0.25, 0.3) is 0 Å². The van der Waals surface area contributed by atoms with Gasteiger partial charge in [0.05, 0.1) is 5.92 Å². The highest BCUT2D eigenvalue weighted by molar-refractivity contribution is 7.89. The number of hydrogen-bond donors (Lipinski definition) is 1. The Hall–Kier alpha value is -1.41. The summed E-state index contributed by atoms with van der Waals surface area (Å²) in [5.41, 5.74) is 0. The van der Waals surface area contributed by atoms with E-state index in [0.29, 0.717) is 31.8 Å². The second-order valence-corrected chi connectivity index (χ2v) is 6.84. The van der Waals surface area contributed by atoms with Gasteiger partial charge in [-0.2, -0.15) is 4.31 Å². The maximum Gasteiger partial charge on any atom is 0.307 e. The molecule has 1 N–H and O–H groups in total. The van der Waals surface area contributed by atoms with E-state index in [0.717, 1.165) is 0 Å². The zero-order valence-corrected chi connectivity index (χ0v) is 12.4. The van der Waals surface area contributed by atoms with Gasteiger partial charge in [-0.25, -0.2) is 13.4 Å². The first-order valence-corrected chi connectivity index (χ1v) is 8.07. The Morgan fingerprint density at radius 2 is 2.25 bits per heavy atom. The summed E-state index contributed by atoms with van der Waals surface area (Å²) in [6.07, 6.45) is 2.59. The van der Waals surface area contributed by atoms with Gasteiger partial charge in [-0.1, -0.05) is 0 Å². The molecule has 1 unspecified atom stereocenters. The zero-order valence-electron chi connectivity index (χ0n) is 11.6. The predicted octanol–water partition coefficient (Wildman–Crippen LogP) is 0.697. The fraction of sp³-hybridized carbons (Fsp3) is 0.667. The van der Waals surface area contributed by atoms with Gasteiger partial charge < -0.3 is 9.67 Å². The second-order valence-electron chi connectivity index (χ2n) is 4.95. The van der Waals surface area contributed by atoms with E-state index in [9.17, 15) is 13.2 Å². The normalized spacial score (nSPS) is 21.0. The van der Waals surface area contributed by atoms with Crippen molar-refractivity contribution in [2.24, 2.45) is 5.92 Å². The van der Waals surface area contributed by atoms with Crippen LogP contribution in [0.1, 0.15) is 25.6 Å². The third-order valence-corrected chi connectivity index (χ3v) is 5.37. The molecule has 1 fully saturated rings. The molecule has 1 aromatic rings. The molecule has 0 saturated carbocycles.